The van der Waals surface area contributed by atoms with Gasteiger partial charge < -0.3 is 4.90 Å². The van der Waals surface area contributed by atoms with Gasteiger partial charge in [0.05, 0.1) is 20.4 Å². The van der Waals surface area contributed by atoms with Crippen LogP contribution in [0.2, 0.25) is 5.02 Å². The molecule has 0 radical (unpaired) electrons. The second kappa shape index (κ2) is 8.01. The number of hydrogen-bond donors (Lipinski definition) is 0. The number of amides is 1. The highest BCUT2D eigenvalue weighted by Crippen LogP contribution is 2.25. The third-order valence-electron chi connectivity index (χ3n) is 4.45. The van der Waals surface area contributed by atoms with Crippen LogP contribution in [-0.4, -0.2) is 54.6 Å². The van der Waals surface area contributed by atoms with Gasteiger partial charge in [0.2, 0.25) is 10.0 Å². The van der Waals surface area contributed by atoms with Gasteiger partial charge in [0.25, 0.3) is 11.6 Å². The maximum absolute atomic E-state index is 13.4. The molecule has 1 aliphatic rings. The number of halogens is 3. The van der Waals surface area contributed by atoms with Crippen molar-refractivity contribution in [3.63, 3.8) is 0 Å². The Morgan fingerprint density at radius 3 is 2.24 bits per heavy atom. The van der Waals surface area contributed by atoms with Crippen LogP contribution in [0.4, 0.5) is 14.5 Å². The monoisotopic (exact) mass is 445 g/mol. The van der Waals surface area contributed by atoms with Crippen molar-refractivity contribution in [1.29, 1.82) is 0 Å². The maximum Gasteiger partial charge on any atom is 0.270 e. The molecule has 12 heteroatoms. The van der Waals surface area contributed by atoms with E-state index in [0.29, 0.717) is 6.07 Å². The summed E-state index contributed by atoms with van der Waals surface area (Å²) in [5, 5.41) is 10.7. The van der Waals surface area contributed by atoms with Gasteiger partial charge in [-0.25, -0.2) is 17.2 Å². The molecule has 0 unspecified atom stereocenters. The molecular formula is C17H14ClF2N3O5S. The molecule has 2 aromatic rings. The normalized spacial score (nSPS) is 15.3. The van der Waals surface area contributed by atoms with E-state index in [1.54, 1.807) is 0 Å². The quantitative estimate of drug-likeness (QED) is 0.532. The number of carbonyl (C=O) groups is 1. The first-order valence-electron chi connectivity index (χ1n) is 8.29. The van der Waals surface area contributed by atoms with Crippen molar-refractivity contribution in [2.75, 3.05) is 26.2 Å². The highest BCUT2D eigenvalue weighted by Gasteiger charge is 2.31. The fourth-order valence-corrected chi connectivity index (χ4v) is 4.57. The summed E-state index contributed by atoms with van der Waals surface area (Å²) in [6.45, 7) is -0.0422. The molecule has 1 fully saturated rings. The molecule has 0 aliphatic carbocycles. The number of benzene rings is 2. The van der Waals surface area contributed by atoms with Crippen LogP contribution in [0.3, 0.4) is 0 Å². The zero-order valence-corrected chi connectivity index (χ0v) is 16.3. The van der Waals surface area contributed by atoms with Gasteiger partial charge in [-0.2, -0.15) is 4.31 Å². The lowest BCUT2D eigenvalue weighted by Crippen LogP contribution is -2.50. The van der Waals surface area contributed by atoms with Gasteiger partial charge in [-0.05, 0) is 24.3 Å². The van der Waals surface area contributed by atoms with E-state index >= 15 is 0 Å². The molecule has 0 spiro atoms. The Kier molecular flexibility index (Phi) is 5.82. The lowest BCUT2D eigenvalue weighted by atomic mass is 10.1. The van der Waals surface area contributed by atoms with Crippen LogP contribution < -0.4 is 0 Å². The number of piperazine rings is 1. The largest absolute Gasteiger partial charge is 0.336 e. The number of hydrogen-bond acceptors (Lipinski definition) is 5. The molecule has 0 N–H and O–H groups in total. The van der Waals surface area contributed by atoms with E-state index < -0.39 is 32.5 Å². The molecule has 1 saturated heterocycles. The average molecular weight is 446 g/mol. The molecule has 1 aliphatic heterocycles. The molecule has 154 valence electrons. The van der Waals surface area contributed by atoms with Crippen molar-refractivity contribution in [2.24, 2.45) is 0 Å². The summed E-state index contributed by atoms with van der Waals surface area (Å²) in [5.74, 6) is -2.91. The van der Waals surface area contributed by atoms with Crippen LogP contribution in [-0.2, 0) is 10.0 Å². The van der Waals surface area contributed by atoms with Gasteiger partial charge in [0.1, 0.15) is 0 Å². The molecule has 0 saturated carbocycles. The molecule has 0 bridgehead atoms. The summed E-state index contributed by atoms with van der Waals surface area (Å²) in [5.41, 5.74) is -0.192. The van der Waals surface area contributed by atoms with E-state index in [2.05, 4.69) is 0 Å². The Morgan fingerprint density at radius 1 is 1.03 bits per heavy atom. The van der Waals surface area contributed by atoms with Crippen molar-refractivity contribution >= 4 is 33.2 Å². The number of sulfonamides is 1. The first kappa shape index (κ1) is 21.1. The van der Waals surface area contributed by atoms with Crippen LogP contribution in [0.15, 0.2) is 41.3 Å². The van der Waals surface area contributed by atoms with E-state index in [9.17, 15) is 32.1 Å². The fourth-order valence-electron chi connectivity index (χ4n) is 2.88. The van der Waals surface area contributed by atoms with Crippen LogP contribution in [0.5, 0.6) is 0 Å². The van der Waals surface area contributed by atoms with Gasteiger partial charge in [0.15, 0.2) is 11.6 Å². The summed E-state index contributed by atoms with van der Waals surface area (Å²) in [6.07, 6.45) is 0. The van der Waals surface area contributed by atoms with E-state index in [4.69, 9.17) is 11.6 Å². The zero-order chi connectivity index (χ0) is 21.3. The van der Waals surface area contributed by atoms with Crippen molar-refractivity contribution in [3.8, 4) is 0 Å². The summed E-state index contributed by atoms with van der Waals surface area (Å²) < 4.78 is 52.7. The maximum atomic E-state index is 13.4. The molecule has 1 heterocycles. The lowest BCUT2D eigenvalue weighted by molar-refractivity contribution is -0.384. The molecule has 0 atom stereocenters. The second-order valence-corrected chi connectivity index (χ2v) is 8.54. The molecule has 2 aromatic carbocycles. The average Bonchev–Trinajstić information content (AvgIpc) is 2.69. The van der Waals surface area contributed by atoms with Gasteiger partial charge >= 0.3 is 0 Å². The SMILES string of the molecule is O=C(c1ccc([N+](=O)[O-])cc1Cl)N1CCN(S(=O)(=O)c2ccc(F)c(F)c2)CC1. The topological polar surface area (TPSA) is 101 Å². The Morgan fingerprint density at radius 2 is 1.69 bits per heavy atom. The minimum atomic E-state index is -4.05. The molecule has 29 heavy (non-hydrogen) atoms. The molecule has 0 aromatic heterocycles. The molecule has 3 rings (SSSR count). The van der Waals surface area contributed by atoms with Gasteiger partial charge in [-0.15, -0.1) is 0 Å². The Balaban J connectivity index is 1.72. The predicted molar refractivity (Wildman–Crippen MR) is 99.1 cm³/mol. The Bertz CT molecular complexity index is 1090. The zero-order valence-electron chi connectivity index (χ0n) is 14.7. The van der Waals surface area contributed by atoms with Gasteiger partial charge in [-0.3, -0.25) is 14.9 Å². The minimum absolute atomic E-state index is 0.0368. The standard InChI is InChI=1S/C17H14ClF2N3O5S/c18-14-9-11(23(25)26)1-3-13(14)17(24)21-5-7-22(8-6-21)29(27,28)12-2-4-15(19)16(20)10-12/h1-4,9-10H,5-8H2. The highest BCUT2D eigenvalue weighted by molar-refractivity contribution is 7.89. The van der Waals surface area contributed by atoms with Crippen LogP contribution in [0, 0.1) is 21.7 Å². The van der Waals surface area contributed by atoms with Crippen molar-refractivity contribution in [1.82, 2.24) is 9.21 Å². The minimum Gasteiger partial charge on any atom is -0.336 e. The van der Waals surface area contributed by atoms with Crippen molar-refractivity contribution in [3.05, 3.63) is 68.7 Å². The smallest absolute Gasteiger partial charge is 0.270 e. The van der Waals surface area contributed by atoms with E-state index in [1.165, 1.54) is 11.0 Å². The van der Waals surface area contributed by atoms with Gasteiger partial charge in [0, 0.05) is 38.3 Å². The van der Waals surface area contributed by atoms with E-state index in [-0.39, 0.29) is 47.3 Å². The summed E-state index contributed by atoms with van der Waals surface area (Å²) in [7, 11) is -4.05. The third-order valence-corrected chi connectivity index (χ3v) is 6.66. The van der Waals surface area contributed by atoms with Crippen LogP contribution in [0.25, 0.3) is 0 Å². The summed E-state index contributed by atoms with van der Waals surface area (Å²) >= 11 is 5.97. The highest BCUT2D eigenvalue weighted by atomic mass is 35.5. The first-order valence-corrected chi connectivity index (χ1v) is 10.1. The van der Waals surface area contributed by atoms with Crippen molar-refractivity contribution < 1.29 is 26.9 Å². The number of nitro groups is 1. The predicted octanol–water partition coefficient (Wildman–Crippen LogP) is 2.67. The Labute approximate surface area is 169 Å². The van der Waals surface area contributed by atoms with Crippen molar-refractivity contribution in [2.45, 2.75) is 4.90 Å². The number of nitro benzene ring substituents is 1. The van der Waals surface area contributed by atoms with E-state index in [1.807, 2.05) is 0 Å². The van der Waals surface area contributed by atoms with Crippen LogP contribution in [0.1, 0.15) is 10.4 Å². The molecule has 8 nitrogen and oxygen atoms in total. The van der Waals surface area contributed by atoms with Crippen LogP contribution >= 0.6 is 11.6 Å². The van der Waals surface area contributed by atoms with Gasteiger partial charge in [-0.1, -0.05) is 11.6 Å². The molecular weight excluding hydrogens is 432 g/mol. The third kappa shape index (κ3) is 4.21. The number of rotatable bonds is 4. The Hall–Kier alpha value is -2.63. The summed E-state index contributed by atoms with van der Waals surface area (Å²) in [4.78, 5) is 23.7. The number of non-ortho nitro benzene ring substituents is 1. The lowest BCUT2D eigenvalue weighted by Gasteiger charge is -2.34. The fraction of sp³-hybridized carbons (Fsp3) is 0.235. The number of nitrogens with zero attached hydrogens (tertiary/aromatic N) is 3. The van der Waals surface area contributed by atoms with E-state index in [0.717, 1.165) is 28.6 Å². The second-order valence-electron chi connectivity index (χ2n) is 6.19. The first-order chi connectivity index (χ1) is 13.6. The number of carbonyl (C=O) groups excluding carboxylic acids is 1. The summed E-state index contributed by atoms with van der Waals surface area (Å²) in [6, 6.07) is 5.79. The molecule has 1 amide bonds.